The summed E-state index contributed by atoms with van der Waals surface area (Å²) in [5.74, 6) is 0.147. The van der Waals surface area contributed by atoms with Crippen molar-refractivity contribution < 1.29 is 5.11 Å². The number of phenols is 1. The zero-order valence-corrected chi connectivity index (χ0v) is 13.7. The van der Waals surface area contributed by atoms with Crippen LogP contribution in [0.4, 0.5) is 0 Å². The molecule has 5 heteroatoms. The number of aromatic hydroxyl groups is 1. The van der Waals surface area contributed by atoms with Crippen LogP contribution >= 0.6 is 11.6 Å². The highest BCUT2D eigenvalue weighted by Crippen LogP contribution is 2.35. The van der Waals surface area contributed by atoms with Gasteiger partial charge in [-0.1, -0.05) is 41.9 Å². The normalized spacial score (nSPS) is 11.1. The number of aryl methyl sites for hydroxylation is 1. The van der Waals surface area contributed by atoms with E-state index in [9.17, 15) is 5.11 Å². The Hall–Kier alpha value is -2.85. The second-order valence-electron chi connectivity index (χ2n) is 5.54. The molecule has 24 heavy (non-hydrogen) atoms. The Kier molecular flexibility index (Phi) is 3.47. The minimum absolute atomic E-state index is 0.147. The van der Waals surface area contributed by atoms with Crippen molar-refractivity contribution in [1.82, 2.24) is 14.8 Å². The highest BCUT2D eigenvalue weighted by Gasteiger charge is 2.16. The number of hydrogen-bond donors (Lipinski definition) is 1. The number of fused-ring (bicyclic) bond motifs is 1. The Labute approximate surface area is 144 Å². The first kappa shape index (κ1) is 14.7. The van der Waals surface area contributed by atoms with Gasteiger partial charge in [-0.15, -0.1) is 0 Å². The summed E-state index contributed by atoms with van der Waals surface area (Å²) in [6.07, 6.45) is 0. The van der Waals surface area contributed by atoms with Gasteiger partial charge in [0.15, 0.2) is 5.65 Å². The molecule has 118 valence electrons. The fourth-order valence-electron chi connectivity index (χ4n) is 2.77. The molecule has 0 saturated heterocycles. The van der Waals surface area contributed by atoms with Crippen LogP contribution in [0.3, 0.4) is 0 Å². The molecule has 0 saturated carbocycles. The number of benzene rings is 2. The zero-order chi connectivity index (χ0) is 16.7. The molecule has 0 radical (unpaired) electrons. The molecule has 2 aromatic carbocycles. The van der Waals surface area contributed by atoms with Gasteiger partial charge in [-0.3, -0.25) is 0 Å². The van der Waals surface area contributed by atoms with Crippen LogP contribution in [-0.2, 0) is 0 Å². The third kappa shape index (κ3) is 2.32. The first-order valence-corrected chi connectivity index (χ1v) is 7.92. The van der Waals surface area contributed by atoms with Gasteiger partial charge >= 0.3 is 0 Å². The Bertz CT molecular complexity index is 1040. The molecular formula is C19H14ClN3O. The number of aromatic nitrogens is 3. The highest BCUT2D eigenvalue weighted by atomic mass is 35.5. The monoisotopic (exact) mass is 335 g/mol. The summed E-state index contributed by atoms with van der Waals surface area (Å²) >= 11 is 6.43. The molecule has 0 unspecified atom stereocenters. The lowest BCUT2D eigenvalue weighted by Gasteiger charge is -2.08. The van der Waals surface area contributed by atoms with Crippen LogP contribution in [0, 0.1) is 6.92 Å². The van der Waals surface area contributed by atoms with Crippen molar-refractivity contribution in [2.24, 2.45) is 0 Å². The predicted molar refractivity (Wildman–Crippen MR) is 95.7 cm³/mol. The Balaban J connectivity index is 2.02. The summed E-state index contributed by atoms with van der Waals surface area (Å²) < 4.78 is 1.80. The van der Waals surface area contributed by atoms with E-state index < -0.39 is 0 Å². The third-order valence-electron chi connectivity index (χ3n) is 3.96. The lowest BCUT2D eigenvalue weighted by atomic mass is 10.1. The van der Waals surface area contributed by atoms with Crippen molar-refractivity contribution in [3.63, 3.8) is 0 Å². The van der Waals surface area contributed by atoms with Gasteiger partial charge in [0.1, 0.15) is 5.75 Å². The molecule has 0 aliphatic heterocycles. The number of para-hydroxylation sites is 2. The molecule has 2 heterocycles. The number of phenolic OH excluding ortho intramolecular Hbond substituents is 1. The fourth-order valence-corrected chi connectivity index (χ4v) is 3.02. The minimum atomic E-state index is 0.147. The molecular weight excluding hydrogens is 322 g/mol. The lowest BCUT2D eigenvalue weighted by Crippen LogP contribution is -1.98. The molecule has 2 aromatic heterocycles. The average molecular weight is 336 g/mol. The van der Waals surface area contributed by atoms with Crippen LogP contribution in [0.15, 0.2) is 60.7 Å². The number of rotatable bonds is 2. The van der Waals surface area contributed by atoms with Gasteiger partial charge in [0.25, 0.3) is 0 Å². The van der Waals surface area contributed by atoms with Crippen molar-refractivity contribution in [3.8, 4) is 22.7 Å². The fraction of sp³-hybridized carbons (Fsp3) is 0.0526. The van der Waals surface area contributed by atoms with Crippen LogP contribution in [0.1, 0.15) is 5.69 Å². The molecule has 4 aromatic rings. The van der Waals surface area contributed by atoms with Crippen LogP contribution < -0.4 is 0 Å². The number of nitrogens with zero attached hydrogens (tertiary/aromatic N) is 3. The van der Waals surface area contributed by atoms with Gasteiger partial charge in [-0.05, 0) is 37.3 Å². The maximum Gasteiger partial charge on any atom is 0.163 e. The van der Waals surface area contributed by atoms with Gasteiger partial charge in [0.2, 0.25) is 0 Å². The van der Waals surface area contributed by atoms with E-state index in [-0.39, 0.29) is 5.75 Å². The first-order valence-electron chi connectivity index (χ1n) is 7.55. The third-order valence-corrected chi connectivity index (χ3v) is 4.24. The zero-order valence-electron chi connectivity index (χ0n) is 12.9. The number of hydrogen-bond acceptors (Lipinski definition) is 3. The van der Waals surface area contributed by atoms with Crippen LogP contribution in [0.5, 0.6) is 5.75 Å². The Morgan fingerprint density at radius 1 is 1.00 bits per heavy atom. The molecule has 0 fully saturated rings. The quantitative estimate of drug-likeness (QED) is 0.575. The summed E-state index contributed by atoms with van der Waals surface area (Å²) in [6.45, 7) is 1.93. The van der Waals surface area contributed by atoms with Crippen molar-refractivity contribution in [2.45, 2.75) is 6.92 Å². The number of pyridine rings is 1. The van der Waals surface area contributed by atoms with E-state index in [1.807, 2.05) is 49.4 Å². The number of halogens is 1. The van der Waals surface area contributed by atoms with Crippen molar-refractivity contribution in [1.29, 1.82) is 0 Å². The van der Waals surface area contributed by atoms with E-state index in [1.54, 1.807) is 22.9 Å². The SMILES string of the molecule is Cc1nn(-c2ccccc2)c2nc(-c3ccccc3O)c(Cl)cc12. The molecule has 0 aliphatic rings. The molecule has 0 spiro atoms. The van der Waals surface area contributed by atoms with Gasteiger partial charge in [-0.25, -0.2) is 9.67 Å². The molecule has 0 atom stereocenters. The average Bonchev–Trinajstić information content (AvgIpc) is 2.92. The van der Waals surface area contributed by atoms with E-state index in [2.05, 4.69) is 5.10 Å². The van der Waals surface area contributed by atoms with Gasteiger partial charge < -0.3 is 5.11 Å². The van der Waals surface area contributed by atoms with Crippen molar-refractivity contribution in [3.05, 3.63) is 71.4 Å². The maximum absolute atomic E-state index is 10.1. The van der Waals surface area contributed by atoms with Crippen molar-refractivity contribution in [2.75, 3.05) is 0 Å². The molecule has 1 N–H and O–H groups in total. The van der Waals surface area contributed by atoms with Gasteiger partial charge in [0, 0.05) is 10.9 Å². The second kappa shape index (κ2) is 5.65. The summed E-state index contributed by atoms with van der Waals surface area (Å²) in [7, 11) is 0. The van der Waals surface area contributed by atoms with E-state index in [0.717, 1.165) is 16.8 Å². The van der Waals surface area contributed by atoms with E-state index in [4.69, 9.17) is 16.6 Å². The molecule has 4 rings (SSSR count). The molecule has 0 bridgehead atoms. The topological polar surface area (TPSA) is 50.9 Å². The van der Waals surface area contributed by atoms with Crippen LogP contribution in [0.2, 0.25) is 5.02 Å². The van der Waals surface area contributed by atoms with E-state index in [1.165, 1.54) is 0 Å². The smallest absolute Gasteiger partial charge is 0.163 e. The molecule has 4 nitrogen and oxygen atoms in total. The minimum Gasteiger partial charge on any atom is -0.507 e. The van der Waals surface area contributed by atoms with Gasteiger partial charge in [0.05, 0.1) is 22.1 Å². The molecule has 0 amide bonds. The van der Waals surface area contributed by atoms with E-state index in [0.29, 0.717) is 21.9 Å². The summed E-state index contributed by atoms with van der Waals surface area (Å²) in [6, 6.07) is 18.7. The Morgan fingerprint density at radius 3 is 2.46 bits per heavy atom. The van der Waals surface area contributed by atoms with Crippen molar-refractivity contribution >= 4 is 22.6 Å². The predicted octanol–water partition coefficient (Wildman–Crippen LogP) is 4.75. The van der Waals surface area contributed by atoms with Gasteiger partial charge in [-0.2, -0.15) is 5.10 Å². The van der Waals surface area contributed by atoms with Crippen LogP contribution in [-0.4, -0.2) is 19.9 Å². The van der Waals surface area contributed by atoms with E-state index >= 15 is 0 Å². The Morgan fingerprint density at radius 2 is 1.71 bits per heavy atom. The second-order valence-corrected chi connectivity index (χ2v) is 5.95. The van der Waals surface area contributed by atoms with Crippen LogP contribution in [0.25, 0.3) is 28.0 Å². The largest absolute Gasteiger partial charge is 0.507 e. The maximum atomic E-state index is 10.1. The summed E-state index contributed by atoms with van der Waals surface area (Å²) in [5, 5.41) is 16.1. The lowest BCUT2D eigenvalue weighted by molar-refractivity contribution is 0.477. The summed E-state index contributed by atoms with van der Waals surface area (Å²) in [4.78, 5) is 4.71. The highest BCUT2D eigenvalue weighted by molar-refractivity contribution is 6.33. The summed E-state index contributed by atoms with van der Waals surface area (Å²) in [5.41, 5.74) is 3.63. The first-order chi connectivity index (χ1) is 11.6. The molecule has 0 aliphatic carbocycles. The standard InChI is InChI=1S/C19H14ClN3O/c1-12-15-11-16(20)18(14-9-5-6-10-17(14)24)21-19(15)23(22-12)13-7-3-2-4-8-13/h2-11,24H,1H3.